The Morgan fingerprint density at radius 1 is 1.22 bits per heavy atom. The number of carbonyl (C=O) groups is 1. The largest absolute Gasteiger partial charge is 0.342 e. The first kappa shape index (κ1) is 18.5. The van der Waals surface area contributed by atoms with Crippen LogP contribution in [-0.2, 0) is 4.79 Å². The predicted octanol–water partition coefficient (Wildman–Crippen LogP) is 2.72. The summed E-state index contributed by atoms with van der Waals surface area (Å²) in [6.07, 6.45) is 3.54. The van der Waals surface area contributed by atoms with Gasteiger partial charge in [-0.1, -0.05) is 23.7 Å². The molecule has 0 aliphatic carbocycles. The number of nitrogens with one attached hydrogen (secondary N) is 1. The lowest BCUT2D eigenvalue weighted by Gasteiger charge is -2.37. The number of carbonyl (C=O) groups excluding carboxylic acids is 1. The van der Waals surface area contributed by atoms with E-state index in [9.17, 15) is 4.79 Å². The van der Waals surface area contributed by atoms with Gasteiger partial charge in [0.15, 0.2) is 0 Å². The highest BCUT2D eigenvalue weighted by Gasteiger charge is 2.27. The summed E-state index contributed by atoms with van der Waals surface area (Å²) in [6.45, 7) is 5.06. The molecule has 4 nitrogen and oxygen atoms in total. The molecule has 0 aromatic heterocycles. The lowest BCUT2D eigenvalue weighted by Crippen LogP contribution is -2.50. The third-order valence-electron chi connectivity index (χ3n) is 4.63. The summed E-state index contributed by atoms with van der Waals surface area (Å²) in [5.74, 6) is 0.272. The maximum atomic E-state index is 12.5. The molecule has 23 heavy (non-hydrogen) atoms. The molecular formula is C17H25Cl2N3O. The fourth-order valence-corrected chi connectivity index (χ4v) is 3.59. The second kappa shape index (κ2) is 8.88. The Morgan fingerprint density at radius 2 is 2.00 bits per heavy atom. The van der Waals surface area contributed by atoms with Gasteiger partial charge in [0.25, 0.3) is 0 Å². The molecule has 1 unspecified atom stereocenters. The Bertz CT molecular complexity index is 520. The SMILES string of the molecule is Cl.O=C(CN1CCNCC1c1cccc(Cl)c1)N1CCCCC1. The average Bonchev–Trinajstić information content (AvgIpc) is 2.56. The van der Waals surface area contributed by atoms with E-state index in [1.807, 2.05) is 23.1 Å². The van der Waals surface area contributed by atoms with Crippen molar-refractivity contribution >= 4 is 29.9 Å². The van der Waals surface area contributed by atoms with Gasteiger partial charge in [0.1, 0.15) is 0 Å². The highest BCUT2D eigenvalue weighted by Crippen LogP contribution is 2.24. The van der Waals surface area contributed by atoms with E-state index in [1.54, 1.807) is 0 Å². The number of nitrogens with zero attached hydrogens (tertiary/aromatic N) is 2. The molecule has 0 bridgehead atoms. The zero-order valence-electron chi connectivity index (χ0n) is 13.3. The molecule has 0 radical (unpaired) electrons. The molecule has 1 N–H and O–H groups in total. The summed E-state index contributed by atoms with van der Waals surface area (Å²) in [5, 5.41) is 4.18. The monoisotopic (exact) mass is 357 g/mol. The number of hydrogen-bond acceptors (Lipinski definition) is 3. The molecule has 2 aliphatic heterocycles. The minimum absolute atomic E-state index is 0. The summed E-state index contributed by atoms with van der Waals surface area (Å²) in [4.78, 5) is 16.9. The molecule has 1 aromatic rings. The summed E-state index contributed by atoms with van der Waals surface area (Å²) in [6, 6.07) is 8.21. The van der Waals surface area contributed by atoms with Crippen molar-refractivity contribution in [1.29, 1.82) is 0 Å². The van der Waals surface area contributed by atoms with Crippen molar-refractivity contribution in [3.8, 4) is 0 Å². The lowest BCUT2D eigenvalue weighted by atomic mass is 10.0. The molecular weight excluding hydrogens is 333 g/mol. The van der Waals surface area contributed by atoms with Gasteiger partial charge in [0.2, 0.25) is 5.91 Å². The van der Waals surface area contributed by atoms with Crippen LogP contribution in [0.25, 0.3) is 0 Å². The fraction of sp³-hybridized carbons (Fsp3) is 0.588. The summed E-state index contributed by atoms with van der Waals surface area (Å²) >= 11 is 6.13. The molecule has 6 heteroatoms. The van der Waals surface area contributed by atoms with Gasteiger partial charge in [-0.15, -0.1) is 12.4 Å². The standard InChI is InChI=1S/C17H24ClN3O.ClH/c18-15-6-4-5-14(11-15)16-12-19-7-10-21(16)13-17(22)20-8-2-1-3-9-20;/h4-6,11,16,19H,1-3,7-10,12-13H2;1H. The van der Waals surface area contributed by atoms with E-state index in [-0.39, 0.29) is 24.4 Å². The first-order chi connectivity index (χ1) is 10.7. The highest BCUT2D eigenvalue weighted by molar-refractivity contribution is 6.30. The zero-order valence-corrected chi connectivity index (χ0v) is 14.9. The Balaban J connectivity index is 0.00000192. The molecule has 0 saturated carbocycles. The number of likely N-dealkylation sites (tertiary alicyclic amines) is 1. The quantitative estimate of drug-likeness (QED) is 0.903. The van der Waals surface area contributed by atoms with E-state index >= 15 is 0 Å². The first-order valence-corrected chi connectivity index (χ1v) is 8.60. The second-order valence-corrected chi connectivity index (χ2v) is 6.62. The normalized spacial score (nSPS) is 22.5. The van der Waals surface area contributed by atoms with Gasteiger partial charge < -0.3 is 10.2 Å². The van der Waals surface area contributed by atoms with Crippen molar-refractivity contribution in [2.24, 2.45) is 0 Å². The van der Waals surface area contributed by atoms with Crippen LogP contribution in [0.15, 0.2) is 24.3 Å². The van der Waals surface area contributed by atoms with Crippen LogP contribution in [-0.4, -0.2) is 55.0 Å². The molecule has 0 spiro atoms. The number of benzene rings is 1. The second-order valence-electron chi connectivity index (χ2n) is 6.19. The minimum Gasteiger partial charge on any atom is -0.342 e. The summed E-state index contributed by atoms with van der Waals surface area (Å²) in [5.41, 5.74) is 1.19. The van der Waals surface area contributed by atoms with Gasteiger partial charge in [-0.25, -0.2) is 0 Å². The summed E-state index contributed by atoms with van der Waals surface area (Å²) in [7, 11) is 0. The Labute approximate surface area is 149 Å². The van der Waals surface area contributed by atoms with Crippen LogP contribution in [0.2, 0.25) is 5.02 Å². The average molecular weight is 358 g/mol. The van der Waals surface area contributed by atoms with E-state index in [1.165, 1.54) is 12.0 Å². The van der Waals surface area contributed by atoms with E-state index in [2.05, 4.69) is 16.3 Å². The van der Waals surface area contributed by atoms with E-state index in [0.29, 0.717) is 6.54 Å². The Hall–Kier alpha value is -0.810. The third kappa shape index (κ3) is 4.83. The van der Waals surface area contributed by atoms with Crippen molar-refractivity contribution in [2.75, 3.05) is 39.3 Å². The summed E-state index contributed by atoms with van der Waals surface area (Å²) < 4.78 is 0. The molecule has 3 rings (SSSR count). The molecule has 1 atom stereocenters. The van der Waals surface area contributed by atoms with Crippen molar-refractivity contribution in [3.63, 3.8) is 0 Å². The van der Waals surface area contributed by atoms with Crippen LogP contribution in [0.3, 0.4) is 0 Å². The maximum absolute atomic E-state index is 12.5. The molecule has 2 aliphatic rings. The van der Waals surface area contributed by atoms with Crippen molar-refractivity contribution < 1.29 is 4.79 Å². The van der Waals surface area contributed by atoms with Crippen LogP contribution in [0.4, 0.5) is 0 Å². The van der Waals surface area contributed by atoms with Crippen molar-refractivity contribution in [3.05, 3.63) is 34.9 Å². The lowest BCUT2D eigenvalue weighted by molar-refractivity contribution is -0.134. The molecule has 1 aromatic carbocycles. The van der Waals surface area contributed by atoms with Crippen LogP contribution >= 0.6 is 24.0 Å². The van der Waals surface area contributed by atoms with E-state index in [0.717, 1.165) is 50.6 Å². The number of amides is 1. The van der Waals surface area contributed by atoms with Crippen LogP contribution in [0, 0.1) is 0 Å². The molecule has 2 heterocycles. The Kier molecular flexibility index (Phi) is 7.15. The fourth-order valence-electron chi connectivity index (χ4n) is 3.40. The van der Waals surface area contributed by atoms with E-state index in [4.69, 9.17) is 11.6 Å². The predicted molar refractivity (Wildman–Crippen MR) is 96.3 cm³/mol. The van der Waals surface area contributed by atoms with Gasteiger partial charge in [-0.2, -0.15) is 0 Å². The third-order valence-corrected chi connectivity index (χ3v) is 4.87. The molecule has 2 saturated heterocycles. The van der Waals surface area contributed by atoms with E-state index < -0.39 is 0 Å². The van der Waals surface area contributed by atoms with Gasteiger partial charge in [0, 0.05) is 43.8 Å². The van der Waals surface area contributed by atoms with Crippen LogP contribution in [0.5, 0.6) is 0 Å². The first-order valence-electron chi connectivity index (χ1n) is 8.22. The number of halogens is 2. The van der Waals surface area contributed by atoms with Crippen LogP contribution < -0.4 is 5.32 Å². The topological polar surface area (TPSA) is 35.6 Å². The number of rotatable bonds is 3. The minimum atomic E-state index is 0. The number of piperidine rings is 1. The highest BCUT2D eigenvalue weighted by atomic mass is 35.5. The zero-order chi connectivity index (χ0) is 15.4. The smallest absolute Gasteiger partial charge is 0.236 e. The van der Waals surface area contributed by atoms with Gasteiger partial charge in [-0.3, -0.25) is 9.69 Å². The Morgan fingerprint density at radius 3 is 2.74 bits per heavy atom. The van der Waals surface area contributed by atoms with Gasteiger partial charge in [0.05, 0.1) is 6.54 Å². The van der Waals surface area contributed by atoms with Gasteiger partial charge in [-0.05, 0) is 37.0 Å². The molecule has 128 valence electrons. The number of hydrogen-bond donors (Lipinski definition) is 1. The van der Waals surface area contributed by atoms with Crippen molar-refractivity contribution in [2.45, 2.75) is 25.3 Å². The maximum Gasteiger partial charge on any atom is 0.236 e. The van der Waals surface area contributed by atoms with Crippen molar-refractivity contribution in [1.82, 2.24) is 15.1 Å². The molecule has 2 fully saturated rings. The molecule has 1 amide bonds. The van der Waals surface area contributed by atoms with Gasteiger partial charge >= 0.3 is 0 Å². The van der Waals surface area contributed by atoms with Crippen LogP contribution in [0.1, 0.15) is 30.9 Å². The number of piperazine rings is 1.